The number of ether oxygens (including phenoxy) is 2. The van der Waals surface area contributed by atoms with Crippen LogP contribution in [0.5, 0.6) is 11.5 Å². The summed E-state index contributed by atoms with van der Waals surface area (Å²) in [5.41, 5.74) is 0.470. The van der Waals surface area contributed by atoms with Crippen LogP contribution in [0.25, 0.3) is 0 Å². The van der Waals surface area contributed by atoms with Crippen LogP contribution in [0.4, 0.5) is 4.39 Å². The van der Waals surface area contributed by atoms with Crippen LogP contribution in [0.1, 0.15) is 27.0 Å². The summed E-state index contributed by atoms with van der Waals surface area (Å²) in [7, 11) is 1.31. The van der Waals surface area contributed by atoms with E-state index in [1.807, 2.05) is 0 Å². The maximum Gasteiger partial charge on any atom is 0.342 e. The van der Waals surface area contributed by atoms with E-state index in [9.17, 15) is 19.1 Å². The van der Waals surface area contributed by atoms with Gasteiger partial charge in [-0.3, -0.25) is 0 Å². The van der Waals surface area contributed by atoms with Gasteiger partial charge in [0.25, 0.3) is 0 Å². The Balaban J connectivity index is 2.78. The average molecular weight is 254 g/mol. The van der Waals surface area contributed by atoms with Crippen molar-refractivity contribution in [2.24, 2.45) is 0 Å². The lowest BCUT2D eigenvalue weighted by Crippen LogP contribution is -2.05. The number of hydrogen-bond donors (Lipinski definition) is 1. The summed E-state index contributed by atoms with van der Waals surface area (Å²) in [6.45, 7) is -0.965. The predicted molar refractivity (Wildman–Crippen MR) is 58.4 cm³/mol. The molecule has 6 heteroatoms. The van der Waals surface area contributed by atoms with Crippen molar-refractivity contribution in [1.82, 2.24) is 0 Å². The molecule has 0 aliphatic carbocycles. The van der Waals surface area contributed by atoms with Gasteiger partial charge in [0, 0.05) is 23.1 Å². The van der Waals surface area contributed by atoms with E-state index in [4.69, 9.17) is 9.47 Å². The van der Waals surface area contributed by atoms with E-state index in [-0.39, 0.29) is 46.8 Å². The molecule has 0 saturated carbocycles. The van der Waals surface area contributed by atoms with Crippen LogP contribution >= 0.6 is 0 Å². The van der Waals surface area contributed by atoms with Crippen molar-refractivity contribution >= 4 is 12.3 Å². The molecule has 5 nitrogen and oxygen atoms in total. The van der Waals surface area contributed by atoms with E-state index in [2.05, 4.69) is 0 Å². The first-order valence-corrected chi connectivity index (χ1v) is 5.25. The van der Waals surface area contributed by atoms with Crippen LogP contribution in [-0.4, -0.2) is 24.5 Å². The topological polar surface area (TPSA) is 72.8 Å². The molecule has 0 saturated heterocycles. The normalized spacial score (nSPS) is 13.1. The highest BCUT2D eigenvalue weighted by molar-refractivity contribution is 5.98. The minimum absolute atomic E-state index is 0.0692. The molecule has 0 radical (unpaired) electrons. The lowest BCUT2D eigenvalue weighted by atomic mass is 9.95. The quantitative estimate of drug-likeness (QED) is 0.647. The number of fused-ring (bicyclic) bond motifs is 1. The number of halogens is 1. The number of phenolic OH excluding ortho intramolecular Hbond substituents is 1. The number of benzene rings is 1. The predicted octanol–water partition coefficient (Wildman–Crippen LogP) is 1.28. The monoisotopic (exact) mass is 254 g/mol. The van der Waals surface area contributed by atoms with Crippen LogP contribution in [0.2, 0.25) is 0 Å². The van der Waals surface area contributed by atoms with Crippen molar-refractivity contribution in [1.29, 1.82) is 0 Å². The van der Waals surface area contributed by atoms with E-state index in [0.717, 1.165) is 0 Å². The molecule has 0 bridgehead atoms. The third-order valence-corrected chi connectivity index (χ3v) is 2.91. The maximum absolute atomic E-state index is 13.1. The van der Waals surface area contributed by atoms with Gasteiger partial charge in [-0.25, -0.2) is 9.18 Å². The van der Waals surface area contributed by atoms with Crippen LogP contribution in [0.15, 0.2) is 0 Å². The molecule has 18 heavy (non-hydrogen) atoms. The Morgan fingerprint density at radius 2 is 2.22 bits per heavy atom. The molecule has 1 aliphatic heterocycles. The van der Waals surface area contributed by atoms with Gasteiger partial charge in [-0.1, -0.05) is 0 Å². The fourth-order valence-corrected chi connectivity index (χ4v) is 2.12. The van der Waals surface area contributed by atoms with Gasteiger partial charge in [0.1, 0.15) is 36.6 Å². The van der Waals surface area contributed by atoms with Crippen LogP contribution < -0.4 is 4.74 Å². The summed E-state index contributed by atoms with van der Waals surface area (Å²) < 4.78 is 22.9. The molecule has 0 spiro atoms. The zero-order valence-electron chi connectivity index (χ0n) is 9.66. The highest BCUT2D eigenvalue weighted by Gasteiger charge is 2.33. The number of cyclic esters (lactones) is 1. The number of aromatic hydroxyl groups is 1. The number of methoxy groups -OCH3 is 1. The Kier molecular flexibility index (Phi) is 3.18. The lowest BCUT2D eigenvalue weighted by Gasteiger charge is -2.15. The van der Waals surface area contributed by atoms with Gasteiger partial charge in [0.2, 0.25) is 0 Å². The Morgan fingerprint density at radius 1 is 1.50 bits per heavy atom. The van der Waals surface area contributed by atoms with E-state index >= 15 is 0 Å². The third kappa shape index (κ3) is 1.61. The number of esters is 1. The summed E-state index contributed by atoms with van der Waals surface area (Å²) in [5.74, 6) is -0.986. The standard InChI is InChI=1S/C12H11FO5/c1-17-11-6(2-3-14)10(15)9-8(7(11)4-13)5-18-12(9)16/h3,15H,2,4-5H2,1H3. The maximum atomic E-state index is 13.1. The van der Waals surface area contributed by atoms with Crippen molar-refractivity contribution in [3.8, 4) is 11.5 Å². The average Bonchev–Trinajstić information content (AvgIpc) is 2.74. The van der Waals surface area contributed by atoms with Crippen molar-refractivity contribution < 1.29 is 28.6 Å². The highest BCUT2D eigenvalue weighted by atomic mass is 19.1. The van der Waals surface area contributed by atoms with Crippen LogP contribution in [0.3, 0.4) is 0 Å². The largest absolute Gasteiger partial charge is 0.507 e. The SMILES string of the molecule is COc1c(CC=O)c(O)c2c(c1CF)COC2=O. The van der Waals surface area contributed by atoms with Gasteiger partial charge in [-0.2, -0.15) is 0 Å². The van der Waals surface area contributed by atoms with Crippen molar-refractivity contribution in [3.63, 3.8) is 0 Å². The fraction of sp³-hybridized carbons (Fsp3) is 0.333. The molecule has 0 unspecified atom stereocenters. The summed E-state index contributed by atoms with van der Waals surface area (Å²) in [6, 6.07) is 0. The second-order valence-corrected chi connectivity index (χ2v) is 3.77. The Bertz CT molecular complexity index is 524. The molecule has 1 N–H and O–H groups in total. The number of phenols is 1. The van der Waals surface area contributed by atoms with Gasteiger partial charge in [0.05, 0.1) is 7.11 Å². The highest BCUT2D eigenvalue weighted by Crippen LogP contribution is 2.42. The molecule has 1 aromatic carbocycles. The Hall–Kier alpha value is -2.11. The Morgan fingerprint density at radius 3 is 2.78 bits per heavy atom. The zero-order chi connectivity index (χ0) is 13.3. The molecule has 1 heterocycles. The molecular weight excluding hydrogens is 243 g/mol. The molecule has 0 aromatic heterocycles. The number of rotatable bonds is 4. The van der Waals surface area contributed by atoms with Gasteiger partial charge >= 0.3 is 5.97 Å². The van der Waals surface area contributed by atoms with Gasteiger partial charge in [-0.05, 0) is 0 Å². The molecule has 1 aliphatic rings. The van der Waals surface area contributed by atoms with E-state index in [1.165, 1.54) is 7.11 Å². The van der Waals surface area contributed by atoms with E-state index in [1.54, 1.807) is 0 Å². The third-order valence-electron chi connectivity index (χ3n) is 2.91. The second-order valence-electron chi connectivity index (χ2n) is 3.77. The zero-order valence-corrected chi connectivity index (χ0v) is 9.66. The Labute approximate surface area is 102 Å². The minimum Gasteiger partial charge on any atom is -0.507 e. The van der Waals surface area contributed by atoms with Crippen molar-refractivity contribution in [2.75, 3.05) is 7.11 Å². The van der Waals surface area contributed by atoms with Crippen LogP contribution in [-0.2, 0) is 29.2 Å². The van der Waals surface area contributed by atoms with Gasteiger partial charge in [0.15, 0.2) is 0 Å². The summed E-state index contributed by atoms with van der Waals surface area (Å²) in [6.07, 6.45) is 0.384. The second kappa shape index (κ2) is 4.64. The van der Waals surface area contributed by atoms with E-state index in [0.29, 0.717) is 6.29 Å². The smallest absolute Gasteiger partial charge is 0.342 e. The number of carbonyl (C=O) groups excluding carboxylic acids is 2. The minimum atomic E-state index is -0.867. The number of alkyl halides is 1. The molecule has 96 valence electrons. The summed E-state index contributed by atoms with van der Waals surface area (Å²) in [5, 5.41) is 9.98. The molecule has 2 rings (SSSR count). The summed E-state index contributed by atoms with van der Waals surface area (Å²) in [4.78, 5) is 22.1. The van der Waals surface area contributed by atoms with Gasteiger partial charge in [-0.15, -0.1) is 0 Å². The van der Waals surface area contributed by atoms with Crippen molar-refractivity contribution in [2.45, 2.75) is 19.7 Å². The lowest BCUT2D eigenvalue weighted by molar-refractivity contribution is -0.107. The molecule has 0 atom stereocenters. The first-order valence-electron chi connectivity index (χ1n) is 5.25. The molecular formula is C12H11FO5. The fourth-order valence-electron chi connectivity index (χ4n) is 2.12. The van der Waals surface area contributed by atoms with Crippen LogP contribution in [0, 0.1) is 0 Å². The number of hydrogen-bond acceptors (Lipinski definition) is 5. The molecule has 0 amide bonds. The molecule has 1 aromatic rings. The summed E-state index contributed by atoms with van der Waals surface area (Å²) >= 11 is 0. The molecule has 0 fully saturated rings. The number of aldehydes is 1. The van der Waals surface area contributed by atoms with Crippen molar-refractivity contribution in [3.05, 3.63) is 22.3 Å². The van der Waals surface area contributed by atoms with Gasteiger partial charge < -0.3 is 19.4 Å². The van der Waals surface area contributed by atoms with E-state index < -0.39 is 12.6 Å². The first-order chi connectivity index (χ1) is 8.65. The first kappa shape index (κ1) is 12.3. The number of carbonyl (C=O) groups is 2.